The van der Waals surface area contributed by atoms with E-state index in [-0.39, 0.29) is 5.97 Å². The highest BCUT2D eigenvalue weighted by Crippen LogP contribution is 2.13. The fourth-order valence-electron chi connectivity index (χ4n) is 1.18. The van der Waals surface area contributed by atoms with Crippen LogP contribution in [0, 0.1) is 6.92 Å². The standard InChI is InChI=1S/C10H15N3O3/c1-6(10(14)16-4)11-8-5-9(15-3)13-7(2)12-8/h5-6H,1-4H3,(H,11,12,13). The number of nitrogens with zero attached hydrogens (tertiary/aromatic N) is 2. The second-order valence-corrected chi connectivity index (χ2v) is 3.23. The molecule has 1 rings (SSSR count). The average Bonchev–Trinajstić information content (AvgIpc) is 2.26. The minimum atomic E-state index is -0.469. The number of hydrogen-bond acceptors (Lipinski definition) is 6. The largest absolute Gasteiger partial charge is 0.481 e. The first kappa shape index (κ1) is 12.2. The third-order valence-electron chi connectivity index (χ3n) is 1.94. The molecule has 0 aliphatic carbocycles. The molecule has 0 aliphatic rings. The fourth-order valence-corrected chi connectivity index (χ4v) is 1.18. The number of hydrogen-bond donors (Lipinski definition) is 1. The van der Waals surface area contributed by atoms with E-state index in [0.717, 1.165) is 0 Å². The molecule has 0 fully saturated rings. The molecule has 0 amide bonds. The number of esters is 1. The second-order valence-electron chi connectivity index (χ2n) is 3.23. The van der Waals surface area contributed by atoms with Crippen molar-refractivity contribution in [2.45, 2.75) is 19.9 Å². The fraction of sp³-hybridized carbons (Fsp3) is 0.500. The highest BCUT2D eigenvalue weighted by molar-refractivity contribution is 5.78. The third-order valence-corrected chi connectivity index (χ3v) is 1.94. The molecule has 0 aliphatic heterocycles. The Hall–Kier alpha value is -1.85. The number of ether oxygens (including phenoxy) is 2. The van der Waals surface area contributed by atoms with Crippen LogP contribution in [0.1, 0.15) is 12.7 Å². The van der Waals surface area contributed by atoms with Gasteiger partial charge in [-0.3, -0.25) is 0 Å². The number of anilines is 1. The summed E-state index contributed by atoms with van der Waals surface area (Å²) in [6.07, 6.45) is 0. The van der Waals surface area contributed by atoms with E-state index in [2.05, 4.69) is 20.0 Å². The van der Waals surface area contributed by atoms with Gasteiger partial charge in [-0.1, -0.05) is 0 Å². The summed E-state index contributed by atoms with van der Waals surface area (Å²) < 4.78 is 9.59. The van der Waals surface area contributed by atoms with E-state index < -0.39 is 6.04 Å². The molecule has 0 saturated carbocycles. The summed E-state index contributed by atoms with van der Waals surface area (Å²) in [5.41, 5.74) is 0. The maximum absolute atomic E-state index is 11.2. The maximum Gasteiger partial charge on any atom is 0.328 e. The lowest BCUT2D eigenvalue weighted by Gasteiger charge is -2.12. The smallest absolute Gasteiger partial charge is 0.328 e. The zero-order chi connectivity index (χ0) is 12.1. The van der Waals surface area contributed by atoms with Crippen LogP contribution in [0.5, 0.6) is 5.88 Å². The Kier molecular flexibility index (Phi) is 4.04. The lowest BCUT2D eigenvalue weighted by Crippen LogP contribution is -2.27. The minimum absolute atomic E-state index is 0.352. The van der Waals surface area contributed by atoms with Gasteiger partial charge in [-0.2, -0.15) is 4.98 Å². The topological polar surface area (TPSA) is 73.3 Å². The lowest BCUT2D eigenvalue weighted by molar-refractivity contribution is -0.141. The Morgan fingerprint density at radius 3 is 2.69 bits per heavy atom. The SMILES string of the molecule is COC(=O)C(C)Nc1cc(OC)nc(C)n1. The molecule has 1 N–H and O–H groups in total. The van der Waals surface area contributed by atoms with Crippen LogP contribution in [-0.4, -0.2) is 36.2 Å². The van der Waals surface area contributed by atoms with E-state index in [1.165, 1.54) is 14.2 Å². The van der Waals surface area contributed by atoms with Crippen LogP contribution in [0.25, 0.3) is 0 Å². The zero-order valence-electron chi connectivity index (χ0n) is 9.77. The lowest BCUT2D eigenvalue weighted by atomic mass is 10.3. The molecule has 0 aromatic carbocycles. The molecule has 6 nitrogen and oxygen atoms in total. The summed E-state index contributed by atoms with van der Waals surface area (Å²) in [5, 5.41) is 2.90. The predicted octanol–water partition coefficient (Wildman–Crippen LogP) is 0.767. The van der Waals surface area contributed by atoms with Gasteiger partial charge in [-0.05, 0) is 13.8 Å². The number of carbonyl (C=O) groups excluding carboxylic acids is 1. The van der Waals surface area contributed by atoms with Crippen LogP contribution in [0.2, 0.25) is 0 Å². The molecule has 88 valence electrons. The van der Waals surface area contributed by atoms with Crippen LogP contribution >= 0.6 is 0 Å². The first-order chi connectivity index (χ1) is 7.56. The number of nitrogens with one attached hydrogen (secondary N) is 1. The Balaban J connectivity index is 2.80. The monoisotopic (exact) mass is 225 g/mol. The van der Waals surface area contributed by atoms with Gasteiger partial charge >= 0.3 is 5.97 Å². The maximum atomic E-state index is 11.2. The van der Waals surface area contributed by atoms with Gasteiger partial charge < -0.3 is 14.8 Å². The minimum Gasteiger partial charge on any atom is -0.481 e. The molecular formula is C10H15N3O3. The van der Waals surface area contributed by atoms with Crippen molar-refractivity contribution in [3.63, 3.8) is 0 Å². The van der Waals surface area contributed by atoms with Crippen molar-refractivity contribution in [3.8, 4) is 5.88 Å². The van der Waals surface area contributed by atoms with E-state index >= 15 is 0 Å². The quantitative estimate of drug-likeness (QED) is 0.763. The first-order valence-corrected chi connectivity index (χ1v) is 4.81. The van der Waals surface area contributed by atoms with Crippen molar-refractivity contribution >= 4 is 11.8 Å². The van der Waals surface area contributed by atoms with Crippen LogP contribution in [0.4, 0.5) is 5.82 Å². The van der Waals surface area contributed by atoms with Gasteiger partial charge in [0.15, 0.2) is 0 Å². The summed E-state index contributed by atoms with van der Waals surface area (Å²) in [6, 6.07) is 1.15. The summed E-state index contributed by atoms with van der Waals surface area (Å²) in [5.74, 6) is 1.20. The van der Waals surface area contributed by atoms with E-state index in [9.17, 15) is 4.79 Å². The number of carbonyl (C=O) groups is 1. The summed E-state index contributed by atoms with van der Waals surface area (Å²) in [6.45, 7) is 3.44. The molecule has 1 atom stereocenters. The Morgan fingerprint density at radius 1 is 1.44 bits per heavy atom. The Bertz CT molecular complexity index is 382. The zero-order valence-corrected chi connectivity index (χ0v) is 9.77. The third kappa shape index (κ3) is 3.08. The molecule has 6 heteroatoms. The van der Waals surface area contributed by atoms with Gasteiger partial charge in [0.05, 0.1) is 14.2 Å². The van der Waals surface area contributed by atoms with Gasteiger partial charge in [-0.25, -0.2) is 9.78 Å². The summed E-state index contributed by atoms with van der Waals surface area (Å²) in [7, 11) is 2.86. The molecular weight excluding hydrogens is 210 g/mol. The molecule has 0 saturated heterocycles. The predicted molar refractivity (Wildman–Crippen MR) is 58.4 cm³/mol. The normalized spacial score (nSPS) is 11.8. The molecule has 1 aromatic rings. The van der Waals surface area contributed by atoms with Crippen LogP contribution in [0.3, 0.4) is 0 Å². The number of aromatic nitrogens is 2. The molecule has 0 radical (unpaired) electrons. The van der Waals surface area contributed by atoms with E-state index in [0.29, 0.717) is 17.5 Å². The molecule has 1 aromatic heterocycles. The van der Waals surface area contributed by atoms with Crippen LogP contribution in [-0.2, 0) is 9.53 Å². The van der Waals surface area contributed by atoms with Crippen molar-refractivity contribution in [2.75, 3.05) is 19.5 Å². The van der Waals surface area contributed by atoms with E-state index in [4.69, 9.17) is 4.74 Å². The van der Waals surface area contributed by atoms with Crippen molar-refractivity contribution < 1.29 is 14.3 Å². The van der Waals surface area contributed by atoms with Crippen molar-refractivity contribution in [1.29, 1.82) is 0 Å². The summed E-state index contributed by atoms with van der Waals surface area (Å²) >= 11 is 0. The number of methoxy groups -OCH3 is 2. The van der Waals surface area contributed by atoms with Gasteiger partial charge in [-0.15, -0.1) is 0 Å². The average molecular weight is 225 g/mol. The van der Waals surface area contributed by atoms with E-state index in [1.807, 2.05) is 0 Å². The first-order valence-electron chi connectivity index (χ1n) is 4.81. The van der Waals surface area contributed by atoms with Crippen molar-refractivity contribution in [2.24, 2.45) is 0 Å². The van der Waals surface area contributed by atoms with Gasteiger partial charge in [0.25, 0.3) is 0 Å². The second kappa shape index (κ2) is 5.29. The molecule has 1 unspecified atom stereocenters. The van der Waals surface area contributed by atoms with Crippen molar-refractivity contribution in [3.05, 3.63) is 11.9 Å². The van der Waals surface area contributed by atoms with Gasteiger partial charge in [0, 0.05) is 6.07 Å². The van der Waals surface area contributed by atoms with Gasteiger partial charge in [0.1, 0.15) is 17.7 Å². The molecule has 0 spiro atoms. The summed E-state index contributed by atoms with van der Waals surface area (Å²) in [4.78, 5) is 19.4. The Labute approximate surface area is 94.0 Å². The van der Waals surface area contributed by atoms with Crippen LogP contribution < -0.4 is 10.1 Å². The highest BCUT2D eigenvalue weighted by atomic mass is 16.5. The van der Waals surface area contributed by atoms with E-state index in [1.54, 1.807) is 19.9 Å². The van der Waals surface area contributed by atoms with Crippen LogP contribution in [0.15, 0.2) is 6.07 Å². The molecule has 1 heterocycles. The van der Waals surface area contributed by atoms with Gasteiger partial charge in [0.2, 0.25) is 5.88 Å². The molecule has 16 heavy (non-hydrogen) atoms. The highest BCUT2D eigenvalue weighted by Gasteiger charge is 2.13. The Morgan fingerprint density at radius 2 is 2.12 bits per heavy atom. The number of aryl methyl sites for hydroxylation is 1. The number of rotatable bonds is 4. The molecule has 0 bridgehead atoms. The van der Waals surface area contributed by atoms with Crippen molar-refractivity contribution in [1.82, 2.24) is 9.97 Å².